The fourth-order valence-electron chi connectivity index (χ4n) is 2.80. The number of nitrogens with two attached hydrogens (primary N) is 1. The zero-order valence-electron chi connectivity index (χ0n) is 15.1. The number of nitrogens with zero attached hydrogens (tertiary/aromatic N) is 2. The summed E-state index contributed by atoms with van der Waals surface area (Å²) in [5.74, 6) is 0. The van der Waals surface area contributed by atoms with Gasteiger partial charge in [-0.2, -0.15) is 13.2 Å². The van der Waals surface area contributed by atoms with Crippen LogP contribution < -0.4 is 20.5 Å². The van der Waals surface area contributed by atoms with Crippen molar-refractivity contribution in [1.82, 2.24) is 5.43 Å². The standard InChI is InChI=1S/C18H19F3N4O2S/c1-24(2)13-5-3-12(4-6-13)16-11-17(18(19,20)21)23-25(16)14-7-9-15(10-8-14)28(22,26)27/h3-11,17,23H,1-2H3,(H2,22,26,27). The smallest absolute Gasteiger partial charge is 0.378 e. The summed E-state index contributed by atoms with van der Waals surface area (Å²) in [6, 6.07) is 10.5. The molecule has 1 heterocycles. The Morgan fingerprint density at radius 1 is 1.04 bits per heavy atom. The van der Waals surface area contributed by atoms with Gasteiger partial charge < -0.3 is 4.90 Å². The van der Waals surface area contributed by atoms with E-state index >= 15 is 0 Å². The monoisotopic (exact) mass is 412 g/mol. The minimum atomic E-state index is -4.48. The van der Waals surface area contributed by atoms with E-state index in [-0.39, 0.29) is 4.90 Å². The summed E-state index contributed by atoms with van der Waals surface area (Å²) in [7, 11) is -0.163. The van der Waals surface area contributed by atoms with Crippen LogP contribution in [0.1, 0.15) is 5.56 Å². The molecule has 0 radical (unpaired) electrons. The minimum absolute atomic E-state index is 0.122. The molecule has 28 heavy (non-hydrogen) atoms. The number of benzene rings is 2. The second kappa shape index (κ2) is 7.12. The number of anilines is 2. The number of sulfonamides is 1. The molecule has 150 valence electrons. The van der Waals surface area contributed by atoms with Crippen molar-refractivity contribution < 1.29 is 21.6 Å². The summed E-state index contributed by atoms with van der Waals surface area (Å²) < 4.78 is 62.7. The van der Waals surface area contributed by atoms with Crippen molar-refractivity contribution in [2.75, 3.05) is 24.0 Å². The SMILES string of the molecule is CN(C)c1ccc(C2=CC(C(F)(F)F)NN2c2ccc(S(N)(=O)=O)cc2)cc1. The van der Waals surface area contributed by atoms with E-state index in [1.807, 2.05) is 19.0 Å². The van der Waals surface area contributed by atoms with Gasteiger partial charge >= 0.3 is 6.18 Å². The number of alkyl halides is 3. The first kappa shape index (κ1) is 20.2. The van der Waals surface area contributed by atoms with Crippen molar-refractivity contribution in [3.63, 3.8) is 0 Å². The number of hydrogen-bond donors (Lipinski definition) is 2. The molecule has 3 N–H and O–H groups in total. The predicted molar refractivity (Wildman–Crippen MR) is 102 cm³/mol. The molecule has 2 aromatic carbocycles. The maximum atomic E-state index is 13.3. The van der Waals surface area contributed by atoms with Crippen molar-refractivity contribution in [3.05, 3.63) is 60.2 Å². The highest BCUT2D eigenvalue weighted by Crippen LogP contribution is 2.35. The van der Waals surface area contributed by atoms with Gasteiger partial charge in [-0.1, -0.05) is 12.1 Å². The molecule has 1 unspecified atom stereocenters. The van der Waals surface area contributed by atoms with E-state index in [1.165, 1.54) is 29.3 Å². The first-order chi connectivity index (χ1) is 13.0. The molecule has 0 bridgehead atoms. The lowest BCUT2D eigenvalue weighted by Gasteiger charge is -2.25. The quantitative estimate of drug-likeness (QED) is 0.807. The summed E-state index contributed by atoms with van der Waals surface area (Å²) in [4.78, 5) is 1.76. The van der Waals surface area contributed by atoms with Crippen molar-refractivity contribution in [1.29, 1.82) is 0 Å². The molecule has 10 heteroatoms. The molecule has 1 aliphatic rings. The molecule has 3 rings (SSSR count). The van der Waals surface area contributed by atoms with Crippen LogP contribution in [0, 0.1) is 0 Å². The third kappa shape index (κ3) is 4.13. The number of hydrazine groups is 1. The van der Waals surface area contributed by atoms with Crippen LogP contribution in [0.4, 0.5) is 24.5 Å². The maximum Gasteiger partial charge on any atom is 0.409 e. The molecular weight excluding hydrogens is 393 g/mol. The highest BCUT2D eigenvalue weighted by Gasteiger charge is 2.43. The molecule has 0 aliphatic carbocycles. The zero-order valence-corrected chi connectivity index (χ0v) is 15.9. The molecule has 0 spiro atoms. The summed E-state index contributed by atoms with van der Waals surface area (Å²) in [5, 5.41) is 6.36. The molecule has 0 fully saturated rings. The number of rotatable bonds is 4. The van der Waals surface area contributed by atoms with E-state index in [0.717, 1.165) is 11.8 Å². The summed E-state index contributed by atoms with van der Waals surface area (Å²) >= 11 is 0. The van der Waals surface area contributed by atoms with Crippen LogP contribution >= 0.6 is 0 Å². The largest absolute Gasteiger partial charge is 0.409 e. The highest BCUT2D eigenvalue weighted by molar-refractivity contribution is 7.89. The highest BCUT2D eigenvalue weighted by atomic mass is 32.2. The van der Waals surface area contributed by atoms with Gasteiger partial charge in [0.1, 0.15) is 6.04 Å². The third-order valence-electron chi connectivity index (χ3n) is 4.29. The van der Waals surface area contributed by atoms with Gasteiger partial charge in [0.2, 0.25) is 10.0 Å². The first-order valence-electron chi connectivity index (χ1n) is 8.22. The van der Waals surface area contributed by atoms with Crippen LogP contribution in [0.2, 0.25) is 0 Å². The topological polar surface area (TPSA) is 78.7 Å². The van der Waals surface area contributed by atoms with Crippen LogP contribution in [-0.4, -0.2) is 34.7 Å². The van der Waals surface area contributed by atoms with Crippen LogP contribution in [-0.2, 0) is 10.0 Å². The van der Waals surface area contributed by atoms with E-state index in [0.29, 0.717) is 16.9 Å². The van der Waals surface area contributed by atoms with Gasteiger partial charge in [-0.3, -0.25) is 5.01 Å². The first-order valence-corrected chi connectivity index (χ1v) is 9.77. The van der Waals surface area contributed by atoms with Gasteiger partial charge in [0, 0.05) is 19.8 Å². The Bertz CT molecular complexity index is 985. The Morgan fingerprint density at radius 3 is 2.07 bits per heavy atom. The third-order valence-corrected chi connectivity index (χ3v) is 5.22. The zero-order chi connectivity index (χ0) is 20.7. The Hall–Kier alpha value is -2.56. The van der Waals surface area contributed by atoms with E-state index in [4.69, 9.17) is 5.14 Å². The van der Waals surface area contributed by atoms with Crippen molar-refractivity contribution >= 4 is 27.1 Å². The Balaban J connectivity index is 2.00. The van der Waals surface area contributed by atoms with Gasteiger partial charge in [-0.25, -0.2) is 19.0 Å². The lowest BCUT2D eigenvalue weighted by Crippen LogP contribution is -2.44. The van der Waals surface area contributed by atoms with Gasteiger partial charge in [0.25, 0.3) is 0 Å². The minimum Gasteiger partial charge on any atom is -0.378 e. The van der Waals surface area contributed by atoms with Crippen LogP contribution in [0.5, 0.6) is 0 Å². The normalized spacial score (nSPS) is 17.6. The second-order valence-electron chi connectivity index (χ2n) is 6.52. The van der Waals surface area contributed by atoms with Gasteiger partial charge in [-0.05, 0) is 48.0 Å². The number of halogens is 3. The van der Waals surface area contributed by atoms with Crippen LogP contribution in [0.3, 0.4) is 0 Å². The molecule has 1 aliphatic heterocycles. The van der Waals surface area contributed by atoms with Crippen molar-refractivity contribution in [3.8, 4) is 0 Å². The van der Waals surface area contributed by atoms with Gasteiger partial charge in [-0.15, -0.1) is 0 Å². The summed E-state index contributed by atoms with van der Waals surface area (Å²) in [5.41, 5.74) is 4.57. The fourth-order valence-corrected chi connectivity index (χ4v) is 3.32. The van der Waals surface area contributed by atoms with Gasteiger partial charge in [0.05, 0.1) is 16.3 Å². The molecule has 6 nitrogen and oxygen atoms in total. The summed E-state index contributed by atoms with van der Waals surface area (Å²) in [6.07, 6.45) is -3.39. The predicted octanol–water partition coefficient (Wildman–Crippen LogP) is 2.70. The number of nitrogens with one attached hydrogen (secondary N) is 1. The molecule has 0 saturated carbocycles. The molecule has 1 atom stereocenters. The van der Waals surface area contributed by atoms with E-state index < -0.39 is 22.2 Å². The average Bonchev–Trinajstić information content (AvgIpc) is 3.07. The van der Waals surface area contributed by atoms with Crippen LogP contribution in [0.15, 0.2) is 59.5 Å². The molecular formula is C18H19F3N4O2S. The Morgan fingerprint density at radius 2 is 1.61 bits per heavy atom. The second-order valence-corrected chi connectivity index (χ2v) is 8.08. The molecule has 0 amide bonds. The molecule has 0 saturated heterocycles. The number of primary sulfonamides is 1. The fraction of sp³-hybridized carbons (Fsp3) is 0.222. The van der Waals surface area contributed by atoms with E-state index in [2.05, 4.69) is 5.43 Å². The number of hydrogen-bond acceptors (Lipinski definition) is 5. The Kier molecular flexibility index (Phi) is 5.13. The summed E-state index contributed by atoms with van der Waals surface area (Å²) in [6.45, 7) is 0. The lowest BCUT2D eigenvalue weighted by atomic mass is 10.1. The maximum absolute atomic E-state index is 13.3. The van der Waals surface area contributed by atoms with Crippen molar-refractivity contribution in [2.24, 2.45) is 5.14 Å². The average molecular weight is 412 g/mol. The van der Waals surface area contributed by atoms with Gasteiger partial charge in [0.15, 0.2) is 0 Å². The lowest BCUT2D eigenvalue weighted by molar-refractivity contribution is -0.142. The van der Waals surface area contributed by atoms with Crippen LogP contribution in [0.25, 0.3) is 5.70 Å². The van der Waals surface area contributed by atoms with E-state index in [9.17, 15) is 21.6 Å². The Labute approximate surface area is 161 Å². The van der Waals surface area contributed by atoms with Crippen molar-refractivity contribution in [2.45, 2.75) is 17.1 Å². The molecule has 0 aromatic heterocycles. The molecule has 2 aromatic rings. The van der Waals surface area contributed by atoms with E-state index in [1.54, 1.807) is 24.3 Å².